The number of carboxylic acids is 1. The van der Waals surface area contributed by atoms with E-state index in [1.165, 1.54) is 12.4 Å². The van der Waals surface area contributed by atoms with Crippen molar-refractivity contribution in [1.82, 2.24) is 15.2 Å². The largest absolute Gasteiger partial charge is 0.478 e. The molecule has 82 valence electrons. The molecule has 0 amide bonds. The summed E-state index contributed by atoms with van der Waals surface area (Å²) in [5.41, 5.74) is 0.114. The fraction of sp³-hybridized carbons (Fsp3) is 0.111. The molecule has 1 N–H and O–H groups in total. The molecule has 0 unspecified atom stereocenters. The summed E-state index contributed by atoms with van der Waals surface area (Å²) in [7, 11) is 0. The Labute approximate surface area is 94.7 Å². The van der Waals surface area contributed by atoms with Crippen LogP contribution < -0.4 is 0 Å². The first kappa shape index (κ1) is 10.6. The molecule has 2 aromatic rings. The molecule has 0 atom stereocenters. The van der Waals surface area contributed by atoms with Crippen molar-refractivity contribution in [2.24, 2.45) is 0 Å². The highest BCUT2D eigenvalue weighted by Crippen LogP contribution is 2.28. The van der Waals surface area contributed by atoms with Crippen LogP contribution in [0.2, 0.25) is 0 Å². The zero-order valence-corrected chi connectivity index (χ0v) is 9.06. The van der Waals surface area contributed by atoms with E-state index in [-0.39, 0.29) is 5.56 Å². The molecule has 2 heterocycles. The van der Waals surface area contributed by atoms with Gasteiger partial charge in [-0.15, -0.1) is 10.2 Å². The number of hydrogen-bond donors (Lipinski definition) is 1. The number of aryl methyl sites for hydroxylation is 1. The Morgan fingerprint density at radius 1 is 1.50 bits per heavy atom. The van der Waals surface area contributed by atoms with Crippen molar-refractivity contribution in [3.05, 3.63) is 29.9 Å². The lowest BCUT2D eigenvalue weighted by molar-refractivity contribution is 0.0692. The summed E-state index contributed by atoms with van der Waals surface area (Å²) in [5, 5.41) is 16.7. The summed E-state index contributed by atoms with van der Waals surface area (Å²) in [6, 6.07) is 1.59. The lowest BCUT2D eigenvalue weighted by Gasteiger charge is -2.00. The smallest absolute Gasteiger partial charge is 0.338 e. The highest BCUT2D eigenvalue weighted by Gasteiger charge is 2.13. The van der Waals surface area contributed by atoms with Gasteiger partial charge >= 0.3 is 5.97 Å². The quantitative estimate of drug-likeness (QED) is 0.867. The Balaban J connectivity index is 2.31. The van der Waals surface area contributed by atoms with Crippen molar-refractivity contribution < 1.29 is 14.3 Å². The number of carbonyl (C=O) groups is 1. The number of nitrogens with zero attached hydrogens (tertiary/aromatic N) is 3. The molecule has 16 heavy (non-hydrogen) atoms. The van der Waals surface area contributed by atoms with Gasteiger partial charge in [-0.05, 0) is 17.8 Å². The van der Waals surface area contributed by atoms with E-state index in [0.29, 0.717) is 16.0 Å². The molecule has 0 saturated carbocycles. The Bertz CT molecular complexity index is 526. The molecule has 7 heteroatoms. The predicted octanol–water partition coefficient (Wildman–Crippen LogP) is 1.62. The molecule has 0 aliphatic carbocycles. The normalized spacial score (nSPS) is 10.3. The predicted molar refractivity (Wildman–Crippen MR) is 54.4 cm³/mol. The van der Waals surface area contributed by atoms with E-state index in [0.717, 1.165) is 11.8 Å². The van der Waals surface area contributed by atoms with Crippen LogP contribution in [-0.4, -0.2) is 26.3 Å². The summed E-state index contributed by atoms with van der Waals surface area (Å²) in [4.78, 5) is 15.2. The molecule has 0 saturated heterocycles. The van der Waals surface area contributed by atoms with E-state index in [9.17, 15) is 4.79 Å². The van der Waals surface area contributed by atoms with Gasteiger partial charge in [-0.2, -0.15) is 0 Å². The van der Waals surface area contributed by atoms with Gasteiger partial charge < -0.3 is 9.52 Å². The molecular formula is C9H7N3O3S. The van der Waals surface area contributed by atoms with Crippen LogP contribution in [0.15, 0.2) is 33.0 Å². The molecule has 0 aliphatic heterocycles. The van der Waals surface area contributed by atoms with Crippen LogP contribution in [0.25, 0.3) is 0 Å². The maximum Gasteiger partial charge on any atom is 0.338 e. The van der Waals surface area contributed by atoms with E-state index in [1.807, 2.05) is 0 Å². The molecule has 0 radical (unpaired) electrons. The molecule has 0 aliphatic rings. The summed E-state index contributed by atoms with van der Waals surface area (Å²) in [5.74, 6) is -0.597. The summed E-state index contributed by atoms with van der Waals surface area (Å²) < 4.78 is 5.15. The number of aromatic carboxylic acids is 1. The lowest BCUT2D eigenvalue weighted by atomic mass is 10.3. The number of rotatable bonds is 3. The Kier molecular flexibility index (Phi) is 2.86. The maximum absolute atomic E-state index is 10.9. The monoisotopic (exact) mass is 237 g/mol. The lowest BCUT2D eigenvalue weighted by Crippen LogP contribution is -1.99. The van der Waals surface area contributed by atoms with Crippen LogP contribution in [0, 0.1) is 6.92 Å². The number of pyridine rings is 1. The van der Waals surface area contributed by atoms with Crippen LogP contribution in [0.1, 0.15) is 16.2 Å². The first-order valence-electron chi connectivity index (χ1n) is 4.32. The van der Waals surface area contributed by atoms with Crippen molar-refractivity contribution in [2.45, 2.75) is 17.0 Å². The SMILES string of the molecule is Cc1nnc(Sc2ccncc2C(=O)O)o1. The number of hydrogen-bond acceptors (Lipinski definition) is 6. The second-order valence-corrected chi connectivity index (χ2v) is 3.86. The van der Waals surface area contributed by atoms with E-state index < -0.39 is 5.97 Å². The van der Waals surface area contributed by atoms with Crippen LogP contribution in [0.3, 0.4) is 0 Å². The first-order valence-corrected chi connectivity index (χ1v) is 5.14. The van der Waals surface area contributed by atoms with Gasteiger partial charge in [-0.25, -0.2) is 4.79 Å². The van der Waals surface area contributed by atoms with E-state index in [4.69, 9.17) is 9.52 Å². The number of carboxylic acid groups (broad SMARTS) is 1. The summed E-state index contributed by atoms with van der Waals surface area (Å²) in [6.45, 7) is 1.67. The fourth-order valence-electron chi connectivity index (χ4n) is 1.05. The second-order valence-electron chi connectivity index (χ2n) is 2.87. The van der Waals surface area contributed by atoms with Crippen molar-refractivity contribution in [3.8, 4) is 0 Å². The highest BCUT2D eigenvalue weighted by atomic mass is 32.2. The second kappa shape index (κ2) is 4.31. The van der Waals surface area contributed by atoms with Gasteiger partial charge in [0.25, 0.3) is 5.22 Å². The Morgan fingerprint density at radius 3 is 2.94 bits per heavy atom. The van der Waals surface area contributed by atoms with Gasteiger partial charge in [0.2, 0.25) is 5.89 Å². The third kappa shape index (κ3) is 2.19. The van der Waals surface area contributed by atoms with Gasteiger partial charge in [-0.1, -0.05) is 0 Å². The average Bonchev–Trinajstić information content (AvgIpc) is 2.64. The van der Waals surface area contributed by atoms with Gasteiger partial charge in [0, 0.05) is 24.2 Å². The van der Waals surface area contributed by atoms with Crippen LogP contribution in [-0.2, 0) is 0 Å². The summed E-state index contributed by atoms with van der Waals surface area (Å²) >= 11 is 1.10. The third-order valence-corrected chi connectivity index (χ3v) is 2.63. The minimum absolute atomic E-state index is 0.114. The van der Waals surface area contributed by atoms with Crippen LogP contribution in [0.4, 0.5) is 0 Å². The zero-order chi connectivity index (χ0) is 11.5. The van der Waals surface area contributed by atoms with E-state index in [1.54, 1.807) is 13.0 Å². The molecule has 0 bridgehead atoms. The van der Waals surface area contributed by atoms with Crippen LogP contribution >= 0.6 is 11.8 Å². The zero-order valence-electron chi connectivity index (χ0n) is 8.25. The highest BCUT2D eigenvalue weighted by molar-refractivity contribution is 7.99. The van der Waals surface area contributed by atoms with Gasteiger partial charge in [-0.3, -0.25) is 4.98 Å². The molecule has 0 fully saturated rings. The fourth-order valence-corrected chi connectivity index (χ4v) is 1.86. The Morgan fingerprint density at radius 2 is 2.31 bits per heavy atom. The minimum Gasteiger partial charge on any atom is -0.478 e. The van der Waals surface area contributed by atoms with Crippen LogP contribution in [0.5, 0.6) is 0 Å². The number of aromatic nitrogens is 3. The average molecular weight is 237 g/mol. The Hall–Kier alpha value is -1.89. The van der Waals surface area contributed by atoms with E-state index >= 15 is 0 Å². The molecule has 0 spiro atoms. The molecule has 2 rings (SSSR count). The summed E-state index contributed by atoms with van der Waals surface area (Å²) in [6.07, 6.45) is 2.80. The molecular weight excluding hydrogens is 230 g/mol. The molecule has 2 aromatic heterocycles. The van der Waals surface area contributed by atoms with Crippen molar-refractivity contribution in [2.75, 3.05) is 0 Å². The van der Waals surface area contributed by atoms with Gasteiger partial charge in [0.1, 0.15) is 0 Å². The van der Waals surface area contributed by atoms with Gasteiger partial charge in [0.05, 0.1) is 5.56 Å². The van der Waals surface area contributed by atoms with Crippen molar-refractivity contribution in [1.29, 1.82) is 0 Å². The maximum atomic E-state index is 10.9. The molecule has 6 nitrogen and oxygen atoms in total. The standard InChI is InChI=1S/C9H7N3O3S/c1-5-11-12-9(15-5)16-7-2-3-10-4-6(7)8(13)14/h2-4H,1H3,(H,13,14). The molecule has 0 aromatic carbocycles. The first-order chi connectivity index (χ1) is 7.66. The van der Waals surface area contributed by atoms with Gasteiger partial charge in [0.15, 0.2) is 0 Å². The van der Waals surface area contributed by atoms with Crippen molar-refractivity contribution in [3.63, 3.8) is 0 Å². The van der Waals surface area contributed by atoms with Crippen molar-refractivity contribution >= 4 is 17.7 Å². The van der Waals surface area contributed by atoms with E-state index in [2.05, 4.69) is 15.2 Å². The third-order valence-electron chi connectivity index (χ3n) is 1.72. The minimum atomic E-state index is -1.04. The topological polar surface area (TPSA) is 89.1 Å².